The number of hydrogen-bond donors (Lipinski definition) is 1. The van der Waals surface area contributed by atoms with Crippen molar-refractivity contribution in [3.05, 3.63) is 130 Å². The molecule has 0 amide bonds. The molecule has 0 spiro atoms. The van der Waals surface area contributed by atoms with E-state index in [4.69, 9.17) is 0 Å². The largest absolute Gasteiger partial charge is 0.506 e. The standard InChI is InChI=1S/C40H44N2O2/c1-25(2)23-41(35-19-9-27(5)21-29(35)7)33-15-11-31(12-16-33)37-39(43)38(40(37)44)32-13-17-34(18-14-32)42(24-26(3)4)36-20-10-28(6)22-30(36)8/h9-22,25-26H,23-24H2,1-8H3/p+1. The lowest BCUT2D eigenvalue weighted by Gasteiger charge is -2.29. The van der Waals surface area contributed by atoms with Gasteiger partial charge in [-0.1, -0.05) is 69.2 Å². The fourth-order valence-corrected chi connectivity index (χ4v) is 6.19. The molecule has 0 heterocycles. The van der Waals surface area contributed by atoms with Crippen LogP contribution in [0.4, 0.5) is 17.1 Å². The molecule has 4 heteroatoms. The molecule has 2 aliphatic carbocycles. The van der Waals surface area contributed by atoms with Gasteiger partial charge in [0.25, 0.3) is 0 Å². The molecule has 3 aromatic carbocycles. The monoisotopic (exact) mass is 585 g/mol. The van der Waals surface area contributed by atoms with Crippen molar-refractivity contribution in [3.63, 3.8) is 0 Å². The first-order valence-electron chi connectivity index (χ1n) is 15.7. The predicted molar refractivity (Wildman–Crippen MR) is 185 cm³/mol. The number of benzene rings is 3. The van der Waals surface area contributed by atoms with E-state index in [1.807, 2.05) is 48.6 Å². The highest BCUT2D eigenvalue weighted by Crippen LogP contribution is 2.40. The number of rotatable bonds is 8. The van der Waals surface area contributed by atoms with Crippen molar-refractivity contribution in [3.8, 4) is 0 Å². The summed E-state index contributed by atoms with van der Waals surface area (Å²) < 4.78 is 2.33. The summed E-state index contributed by atoms with van der Waals surface area (Å²) in [5.74, 6) is 0.886. The van der Waals surface area contributed by atoms with Gasteiger partial charge in [0.05, 0.1) is 11.1 Å². The summed E-state index contributed by atoms with van der Waals surface area (Å²) in [6, 6.07) is 21.1. The third-order valence-corrected chi connectivity index (χ3v) is 8.24. The van der Waals surface area contributed by atoms with E-state index in [2.05, 4.69) is 101 Å². The third-order valence-electron chi connectivity index (χ3n) is 8.24. The van der Waals surface area contributed by atoms with Gasteiger partial charge < -0.3 is 10.0 Å². The normalized spacial score (nSPS) is 14.7. The van der Waals surface area contributed by atoms with E-state index in [0.717, 1.165) is 35.6 Å². The Morgan fingerprint density at radius 3 is 1.89 bits per heavy atom. The highest BCUT2D eigenvalue weighted by atomic mass is 16.3. The third kappa shape index (κ3) is 6.26. The Kier molecular flexibility index (Phi) is 8.92. The van der Waals surface area contributed by atoms with Crippen LogP contribution in [0.1, 0.15) is 55.5 Å². The van der Waals surface area contributed by atoms with Gasteiger partial charge in [0.2, 0.25) is 17.2 Å². The van der Waals surface area contributed by atoms with E-state index in [-0.39, 0.29) is 11.5 Å². The van der Waals surface area contributed by atoms with Crippen LogP contribution >= 0.6 is 0 Å². The van der Waals surface area contributed by atoms with E-state index in [1.165, 1.54) is 33.6 Å². The number of carbonyl (C=O) groups excluding carboxylic acids is 1. The number of anilines is 2. The summed E-state index contributed by atoms with van der Waals surface area (Å²) in [5.41, 5.74) is 11.7. The van der Waals surface area contributed by atoms with Crippen LogP contribution in [0.15, 0.2) is 102 Å². The molecule has 0 unspecified atom stereocenters. The second-order valence-corrected chi connectivity index (χ2v) is 13.1. The van der Waals surface area contributed by atoms with Crippen LogP contribution in [0.25, 0.3) is 5.57 Å². The summed E-state index contributed by atoms with van der Waals surface area (Å²) in [5, 5.41) is 11.1. The number of aliphatic hydroxyl groups excluding tert-OH is 1. The minimum atomic E-state index is -0.121. The van der Waals surface area contributed by atoms with Gasteiger partial charge in [-0.15, -0.1) is 0 Å². The van der Waals surface area contributed by atoms with Crippen LogP contribution < -0.4 is 4.90 Å². The van der Waals surface area contributed by atoms with Gasteiger partial charge >= 0.3 is 0 Å². The second kappa shape index (κ2) is 12.7. The van der Waals surface area contributed by atoms with Crippen LogP contribution in [0.3, 0.4) is 0 Å². The predicted octanol–water partition coefficient (Wildman–Crippen LogP) is 9.43. The fraction of sp³-hybridized carbons (Fsp3) is 0.300. The maximum Gasteiger partial charge on any atom is 0.208 e. The van der Waals surface area contributed by atoms with E-state index >= 15 is 0 Å². The molecule has 3 aromatic rings. The number of ketones is 1. The van der Waals surface area contributed by atoms with Crippen LogP contribution in [0.2, 0.25) is 0 Å². The maximum absolute atomic E-state index is 13.4. The molecule has 2 aliphatic rings. The van der Waals surface area contributed by atoms with Crippen LogP contribution in [0.5, 0.6) is 0 Å². The topological polar surface area (TPSA) is 43.5 Å². The molecule has 0 atom stereocenters. The van der Waals surface area contributed by atoms with Crippen molar-refractivity contribution < 1.29 is 14.5 Å². The zero-order valence-electron chi connectivity index (χ0n) is 27.4. The average molecular weight is 586 g/mol. The van der Waals surface area contributed by atoms with Gasteiger partial charge in [-0.3, -0.25) is 4.79 Å². The molecule has 0 bridgehead atoms. The van der Waals surface area contributed by atoms with Crippen molar-refractivity contribution in [2.45, 2.75) is 55.4 Å². The molecule has 0 saturated heterocycles. The smallest absolute Gasteiger partial charge is 0.208 e. The lowest BCUT2D eigenvalue weighted by Crippen LogP contribution is -2.24. The number of nitrogens with zero attached hydrogens (tertiary/aromatic N) is 2. The van der Waals surface area contributed by atoms with E-state index < -0.39 is 0 Å². The number of Topliss-reactive ketones (excluding diaryl/α,β-unsaturated/α-hetero) is 1. The van der Waals surface area contributed by atoms with Crippen molar-refractivity contribution >= 4 is 34.1 Å². The first-order chi connectivity index (χ1) is 20.9. The van der Waals surface area contributed by atoms with Crippen LogP contribution in [-0.4, -0.2) is 34.3 Å². The summed E-state index contributed by atoms with van der Waals surface area (Å²) in [6.45, 7) is 19.1. The Hall–Kier alpha value is -4.44. The lowest BCUT2D eigenvalue weighted by atomic mass is 9.80. The molecule has 226 valence electrons. The number of aryl methyl sites for hydroxylation is 4. The highest BCUT2D eigenvalue weighted by Gasteiger charge is 2.37. The Labute approximate surface area is 263 Å². The molecule has 1 N–H and O–H groups in total. The molecule has 0 radical (unpaired) electrons. The van der Waals surface area contributed by atoms with Crippen molar-refractivity contribution in [1.82, 2.24) is 0 Å². The zero-order chi connectivity index (χ0) is 31.7. The Morgan fingerprint density at radius 2 is 1.34 bits per heavy atom. The first-order valence-corrected chi connectivity index (χ1v) is 15.7. The van der Waals surface area contributed by atoms with E-state index in [1.54, 1.807) is 0 Å². The van der Waals surface area contributed by atoms with Gasteiger partial charge in [-0.05, 0) is 86.7 Å². The van der Waals surface area contributed by atoms with Crippen molar-refractivity contribution in [2.75, 3.05) is 18.0 Å². The molecule has 4 nitrogen and oxygen atoms in total. The number of hydrogen-bond acceptors (Lipinski definition) is 3. The maximum atomic E-state index is 13.4. The molecule has 44 heavy (non-hydrogen) atoms. The Bertz CT molecular complexity index is 1740. The summed E-state index contributed by atoms with van der Waals surface area (Å²) >= 11 is 0. The molecule has 5 rings (SSSR count). The number of carbonyl (C=O) groups is 1. The van der Waals surface area contributed by atoms with Crippen LogP contribution in [-0.2, 0) is 4.79 Å². The molecule has 0 fully saturated rings. The second-order valence-electron chi connectivity index (χ2n) is 13.1. The summed E-state index contributed by atoms with van der Waals surface area (Å²) in [7, 11) is 0. The van der Waals surface area contributed by atoms with E-state index in [0.29, 0.717) is 23.0 Å². The summed E-state index contributed by atoms with van der Waals surface area (Å²) in [6.07, 6.45) is 7.99. The summed E-state index contributed by atoms with van der Waals surface area (Å²) in [4.78, 5) is 15.8. The molecule has 0 aromatic heterocycles. The average Bonchev–Trinajstić information content (AvgIpc) is 2.96. The quantitative estimate of drug-likeness (QED) is 0.212. The molecular formula is C40H45N2O2+. The number of aliphatic hydroxyl groups is 1. The minimum Gasteiger partial charge on any atom is -0.506 e. The van der Waals surface area contributed by atoms with Gasteiger partial charge in [0.1, 0.15) is 5.76 Å². The van der Waals surface area contributed by atoms with Gasteiger partial charge in [0, 0.05) is 47.6 Å². The SMILES string of the molecule is Cc1ccc(N(CC(C)C)c2ccc(C3=C(O)C(=C4C=CC(=[N+](CC(C)C)c5ccc(C)cc5C)C=C4)C3=O)cc2)c(C)c1. The number of allylic oxidation sites excluding steroid dienone is 7. The minimum absolute atomic E-state index is 0.0670. The fourth-order valence-electron chi connectivity index (χ4n) is 6.19. The van der Waals surface area contributed by atoms with E-state index in [9.17, 15) is 9.90 Å². The zero-order valence-corrected chi connectivity index (χ0v) is 27.4. The highest BCUT2D eigenvalue weighted by molar-refractivity contribution is 6.39. The lowest BCUT2D eigenvalue weighted by molar-refractivity contribution is -0.447. The molecular weight excluding hydrogens is 540 g/mol. The Morgan fingerprint density at radius 1 is 0.727 bits per heavy atom. The Balaban J connectivity index is 1.44. The first kappa shape index (κ1) is 31.0. The molecule has 0 saturated carbocycles. The van der Waals surface area contributed by atoms with Crippen molar-refractivity contribution in [2.24, 2.45) is 11.8 Å². The van der Waals surface area contributed by atoms with Gasteiger partial charge in [-0.2, -0.15) is 4.58 Å². The van der Waals surface area contributed by atoms with Crippen LogP contribution in [0, 0.1) is 39.5 Å². The van der Waals surface area contributed by atoms with Gasteiger partial charge in [0.15, 0.2) is 6.54 Å². The molecule has 0 aliphatic heterocycles. The van der Waals surface area contributed by atoms with Crippen molar-refractivity contribution in [1.29, 1.82) is 0 Å². The van der Waals surface area contributed by atoms with Gasteiger partial charge in [-0.25, -0.2) is 0 Å².